The summed E-state index contributed by atoms with van der Waals surface area (Å²) in [6, 6.07) is 13.7. The van der Waals surface area contributed by atoms with Gasteiger partial charge in [0, 0.05) is 12.5 Å². The number of nitrogens with one attached hydrogen (secondary N) is 1. The Kier molecular flexibility index (Phi) is 4.15. The van der Waals surface area contributed by atoms with Gasteiger partial charge >= 0.3 is 0 Å². The van der Waals surface area contributed by atoms with Gasteiger partial charge < -0.3 is 10.7 Å². The van der Waals surface area contributed by atoms with Crippen LogP contribution in [0.3, 0.4) is 0 Å². The van der Waals surface area contributed by atoms with Crippen LogP contribution in [0.5, 0.6) is 0 Å². The minimum atomic E-state index is 0.00610. The summed E-state index contributed by atoms with van der Waals surface area (Å²) in [5, 5.41) is 1.04. The summed E-state index contributed by atoms with van der Waals surface area (Å²) in [7, 11) is 0. The molecule has 0 fully saturated rings. The van der Waals surface area contributed by atoms with Crippen molar-refractivity contribution in [2.24, 2.45) is 5.73 Å². The van der Waals surface area contributed by atoms with Crippen molar-refractivity contribution >= 4 is 34.2 Å². The maximum Gasteiger partial charge on any atom is 0.107 e. The molecule has 0 bridgehead atoms. The highest BCUT2D eigenvalue weighted by atomic mass is 35.5. The third kappa shape index (κ3) is 3.21. The second-order valence-corrected chi connectivity index (χ2v) is 5.84. The molecule has 5 heteroatoms. The third-order valence-electron chi connectivity index (χ3n) is 3.49. The molecule has 1 heterocycles. The van der Waals surface area contributed by atoms with E-state index in [0.29, 0.717) is 10.0 Å². The second kappa shape index (κ2) is 6.06. The highest BCUT2D eigenvalue weighted by Gasteiger charge is 2.10. The highest BCUT2D eigenvalue weighted by Crippen LogP contribution is 2.27. The molecular formula is C16H15Cl2N3. The van der Waals surface area contributed by atoms with Gasteiger partial charge in [-0.1, -0.05) is 53.5 Å². The van der Waals surface area contributed by atoms with E-state index in [4.69, 9.17) is 28.9 Å². The number of halogens is 2. The van der Waals surface area contributed by atoms with Crippen LogP contribution in [0, 0.1) is 0 Å². The van der Waals surface area contributed by atoms with Crippen LogP contribution in [0.4, 0.5) is 0 Å². The first-order chi connectivity index (χ1) is 10.1. The Morgan fingerprint density at radius 3 is 2.57 bits per heavy atom. The number of aromatic nitrogens is 2. The number of nitrogens with two attached hydrogens (primary N) is 1. The first-order valence-corrected chi connectivity index (χ1v) is 7.53. The van der Waals surface area contributed by atoms with Crippen molar-refractivity contribution in [3.63, 3.8) is 0 Å². The molecule has 3 aromatic rings. The van der Waals surface area contributed by atoms with Crippen molar-refractivity contribution in [3.8, 4) is 0 Å². The van der Waals surface area contributed by atoms with Gasteiger partial charge in [0.25, 0.3) is 0 Å². The lowest BCUT2D eigenvalue weighted by Gasteiger charge is -2.10. The number of hydrogen-bond donors (Lipinski definition) is 2. The van der Waals surface area contributed by atoms with Gasteiger partial charge in [0.15, 0.2) is 0 Å². The largest absolute Gasteiger partial charge is 0.342 e. The van der Waals surface area contributed by atoms with Gasteiger partial charge in [0.05, 0.1) is 21.1 Å². The number of rotatable bonds is 4. The van der Waals surface area contributed by atoms with E-state index in [1.807, 2.05) is 30.3 Å². The van der Waals surface area contributed by atoms with Gasteiger partial charge in [-0.25, -0.2) is 4.98 Å². The summed E-state index contributed by atoms with van der Waals surface area (Å²) in [6.07, 6.45) is 1.60. The minimum Gasteiger partial charge on any atom is -0.342 e. The standard InChI is InChI=1S/C16H15Cl2N3/c17-11-8-14-15(9-12(11)18)21-16(20-14)7-6-13(19)10-4-2-1-3-5-10/h1-5,8-9,13H,6-7,19H2,(H,20,21). The number of benzene rings is 2. The first kappa shape index (κ1) is 14.4. The van der Waals surface area contributed by atoms with Crippen LogP contribution in [-0.2, 0) is 6.42 Å². The molecule has 1 unspecified atom stereocenters. The Balaban J connectivity index is 1.73. The zero-order valence-corrected chi connectivity index (χ0v) is 12.8. The smallest absolute Gasteiger partial charge is 0.107 e. The second-order valence-electron chi connectivity index (χ2n) is 5.02. The minimum absolute atomic E-state index is 0.00610. The van der Waals surface area contributed by atoms with Gasteiger partial charge in [0.2, 0.25) is 0 Å². The molecule has 2 aromatic carbocycles. The maximum absolute atomic E-state index is 6.20. The average molecular weight is 320 g/mol. The van der Waals surface area contributed by atoms with Crippen LogP contribution in [0.15, 0.2) is 42.5 Å². The summed E-state index contributed by atoms with van der Waals surface area (Å²) in [5.41, 5.74) is 9.06. The molecule has 0 amide bonds. The van der Waals surface area contributed by atoms with E-state index in [9.17, 15) is 0 Å². The molecule has 1 atom stereocenters. The molecule has 21 heavy (non-hydrogen) atoms. The van der Waals surface area contributed by atoms with E-state index in [1.165, 1.54) is 0 Å². The van der Waals surface area contributed by atoms with Crippen molar-refractivity contribution in [2.75, 3.05) is 0 Å². The fourth-order valence-corrected chi connectivity index (χ4v) is 2.66. The molecule has 3 nitrogen and oxygen atoms in total. The molecule has 0 spiro atoms. The van der Waals surface area contributed by atoms with Crippen LogP contribution >= 0.6 is 23.2 Å². The van der Waals surface area contributed by atoms with Crippen LogP contribution < -0.4 is 5.73 Å². The Hall–Kier alpha value is -1.55. The molecule has 0 aliphatic carbocycles. The maximum atomic E-state index is 6.20. The monoisotopic (exact) mass is 319 g/mol. The lowest BCUT2D eigenvalue weighted by Crippen LogP contribution is -2.11. The summed E-state index contributed by atoms with van der Waals surface area (Å²) in [4.78, 5) is 7.79. The molecule has 0 aliphatic rings. The molecule has 1 aromatic heterocycles. The molecular weight excluding hydrogens is 305 g/mol. The van der Waals surface area contributed by atoms with Gasteiger partial charge in [-0.05, 0) is 24.1 Å². The molecule has 3 N–H and O–H groups in total. The highest BCUT2D eigenvalue weighted by molar-refractivity contribution is 6.42. The van der Waals surface area contributed by atoms with Crippen LogP contribution in [-0.4, -0.2) is 9.97 Å². The van der Waals surface area contributed by atoms with Crippen LogP contribution in [0.25, 0.3) is 11.0 Å². The molecule has 108 valence electrons. The number of H-pyrrole nitrogens is 1. The van der Waals surface area contributed by atoms with Crippen molar-refractivity contribution in [3.05, 3.63) is 63.9 Å². The SMILES string of the molecule is NC(CCc1nc2cc(Cl)c(Cl)cc2[nH]1)c1ccccc1. The zero-order valence-electron chi connectivity index (χ0n) is 11.3. The molecule has 0 saturated heterocycles. The first-order valence-electron chi connectivity index (χ1n) is 6.77. The lowest BCUT2D eigenvalue weighted by atomic mass is 10.0. The van der Waals surface area contributed by atoms with Gasteiger partial charge in [-0.15, -0.1) is 0 Å². The number of fused-ring (bicyclic) bond motifs is 1. The van der Waals surface area contributed by atoms with Crippen molar-refractivity contribution in [1.82, 2.24) is 9.97 Å². The van der Waals surface area contributed by atoms with Gasteiger partial charge in [0.1, 0.15) is 5.82 Å². The predicted molar refractivity (Wildman–Crippen MR) is 87.8 cm³/mol. The Morgan fingerprint density at radius 1 is 1.10 bits per heavy atom. The normalized spacial score (nSPS) is 12.7. The predicted octanol–water partition coefficient (Wildman–Crippen LogP) is 4.50. The summed E-state index contributed by atoms with van der Waals surface area (Å²) < 4.78 is 0. The quantitative estimate of drug-likeness (QED) is 0.743. The van der Waals surface area contributed by atoms with E-state index in [0.717, 1.165) is 35.3 Å². The zero-order chi connectivity index (χ0) is 14.8. The molecule has 0 saturated carbocycles. The number of nitrogens with zero attached hydrogens (tertiary/aromatic N) is 1. The number of imidazole rings is 1. The number of hydrogen-bond acceptors (Lipinski definition) is 2. The van der Waals surface area contributed by atoms with E-state index >= 15 is 0 Å². The van der Waals surface area contributed by atoms with Gasteiger partial charge in [-0.3, -0.25) is 0 Å². The third-order valence-corrected chi connectivity index (χ3v) is 4.22. The summed E-state index contributed by atoms with van der Waals surface area (Å²) in [6.45, 7) is 0. The Labute approximate surface area is 133 Å². The van der Waals surface area contributed by atoms with E-state index < -0.39 is 0 Å². The van der Waals surface area contributed by atoms with Crippen molar-refractivity contribution in [1.29, 1.82) is 0 Å². The topological polar surface area (TPSA) is 54.7 Å². The number of aromatic amines is 1. The van der Waals surface area contributed by atoms with E-state index in [-0.39, 0.29) is 6.04 Å². The number of aryl methyl sites for hydroxylation is 1. The fraction of sp³-hybridized carbons (Fsp3) is 0.188. The van der Waals surface area contributed by atoms with Crippen molar-refractivity contribution < 1.29 is 0 Å². The Morgan fingerprint density at radius 2 is 1.81 bits per heavy atom. The van der Waals surface area contributed by atoms with Crippen LogP contribution in [0.2, 0.25) is 10.0 Å². The summed E-state index contributed by atoms with van der Waals surface area (Å²) >= 11 is 12.0. The van der Waals surface area contributed by atoms with E-state index in [2.05, 4.69) is 9.97 Å². The molecule has 0 aliphatic heterocycles. The van der Waals surface area contributed by atoms with Crippen LogP contribution in [0.1, 0.15) is 23.9 Å². The lowest BCUT2D eigenvalue weighted by molar-refractivity contribution is 0.639. The summed E-state index contributed by atoms with van der Waals surface area (Å²) in [5.74, 6) is 0.898. The van der Waals surface area contributed by atoms with Crippen molar-refractivity contribution in [2.45, 2.75) is 18.9 Å². The van der Waals surface area contributed by atoms with E-state index in [1.54, 1.807) is 12.1 Å². The fourth-order valence-electron chi connectivity index (χ4n) is 2.34. The van der Waals surface area contributed by atoms with Gasteiger partial charge in [-0.2, -0.15) is 0 Å². The molecule has 0 radical (unpaired) electrons. The Bertz CT molecular complexity index is 714. The average Bonchev–Trinajstić information content (AvgIpc) is 2.88. The molecule has 3 rings (SSSR count).